The highest BCUT2D eigenvalue weighted by atomic mass is 16.2. The first kappa shape index (κ1) is 19.4. The number of nitrogens with one attached hydrogen (secondary N) is 2. The van der Waals surface area contributed by atoms with Crippen LogP contribution in [0.25, 0.3) is 11.2 Å². The van der Waals surface area contributed by atoms with Crippen LogP contribution in [-0.4, -0.2) is 45.7 Å². The monoisotopic (exact) mass is 396 g/mol. The fourth-order valence-electron chi connectivity index (χ4n) is 4.29. The molecule has 0 atom stereocenters. The van der Waals surface area contributed by atoms with Crippen LogP contribution in [0.15, 0.2) is 35.8 Å². The molecule has 3 heterocycles. The van der Waals surface area contributed by atoms with Gasteiger partial charge in [0, 0.05) is 37.9 Å². The van der Waals surface area contributed by atoms with E-state index >= 15 is 0 Å². The molecule has 2 amide bonds. The van der Waals surface area contributed by atoms with Gasteiger partial charge >= 0.3 is 6.03 Å². The molecule has 0 spiro atoms. The van der Waals surface area contributed by atoms with Gasteiger partial charge in [-0.15, -0.1) is 6.58 Å². The Morgan fingerprint density at radius 1 is 1.17 bits per heavy atom. The highest BCUT2D eigenvalue weighted by Gasteiger charge is 2.25. The van der Waals surface area contributed by atoms with Crippen molar-refractivity contribution in [1.29, 1.82) is 0 Å². The Morgan fingerprint density at radius 3 is 2.55 bits per heavy atom. The number of carbonyl (C=O) groups excluding carboxylic acids is 1. The molecular weight excluding hydrogens is 368 g/mol. The van der Waals surface area contributed by atoms with Gasteiger partial charge in [-0.3, -0.25) is 9.36 Å². The minimum absolute atomic E-state index is 0.0707. The van der Waals surface area contributed by atoms with Crippen LogP contribution < -0.4 is 21.1 Å². The Balaban J connectivity index is 1.43. The molecule has 29 heavy (non-hydrogen) atoms. The summed E-state index contributed by atoms with van der Waals surface area (Å²) in [6.45, 7) is 5.50. The smallest absolute Gasteiger partial charge is 0.315 e. The van der Waals surface area contributed by atoms with E-state index in [1.54, 1.807) is 16.8 Å². The number of urea groups is 1. The quantitative estimate of drug-likeness (QED) is 0.756. The summed E-state index contributed by atoms with van der Waals surface area (Å²) >= 11 is 0. The van der Waals surface area contributed by atoms with Gasteiger partial charge in [-0.1, -0.05) is 18.9 Å². The molecule has 1 saturated carbocycles. The predicted octanol–water partition coefficient (Wildman–Crippen LogP) is 2.19. The zero-order chi connectivity index (χ0) is 20.2. The number of anilines is 1. The van der Waals surface area contributed by atoms with E-state index in [-0.39, 0.29) is 17.6 Å². The van der Waals surface area contributed by atoms with E-state index in [1.807, 2.05) is 17.0 Å². The second-order valence-electron chi connectivity index (χ2n) is 7.85. The second-order valence-corrected chi connectivity index (χ2v) is 7.85. The molecule has 8 heteroatoms. The summed E-state index contributed by atoms with van der Waals surface area (Å²) in [6.07, 6.45) is 9.46. The third-order valence-corrected chi connectivity index (χ3v) is 5.82. The predicted molar refractivity (Wildman–Crippen MR) is 113 cm³/mol. The van der Waals surface area contributed by atoms with Crippen LogP contribution >= 0.6 is 0 Å². The van der Waals surface area contributed by atoms with Crippen LogP contribution in [-0.2, 0) is 6.54 Å². The van der Waals surface area contributed by atoms with E-state index < -0.39 is 0 Å². The molecule has 0 bridgehead atoms. The van der Waals surface area contributed by atoms with E-state index in [9.17, 15) is 9.59 Å². The van der Waals surface area contributed by atoms with E-state index in [4.69, 9.17) is 0 Å². The maximum atomic E-state index is 13.0. The molecule has 2 aromatic rings. The second kappa shape index (κ2) is 8.63. The molecule has 2 aromatic heterocycles. The first-order valence-corrected chi connectivity index (χ1v) is 10.4. The first-order valence-electron chi connectivity index (χ1n) is 10.4. The van der Waals surface area contributed by atoms with Gasteiger partial charge in [0.15, 0.2) is 11.5 Å². The van der Waals surface area contributed by atoms with Gasteiger partial charge in [0.05, 0.1) is 0 Å². The number of piperidine rings is 1. The number of pyridine rings is 1. The number of amides is 2. The minimum Gasteiger partial charge on any atom is -0.352 e. The van der Waals surface area contributed by atoms with Crippen molar-refractivity contribution < 1.29 is 4.79 Å². The average Bonchev–Trinajstić information content (AvgIpc) is 3.23. The molecule has 0 unspecified atom stereocenters. The molecule has 8 nitrogen and oxygen atoms in total. The SMILES string of the molecule is C=CCn1c(=O)c(N2CCC(NC(=O)NC3CCCC3)CC2)nc2cccnc21. The number of nitrogens with zero attached hydrogens (tertiary/aromatic N) is 4. The van der Waals surface area contributed by atoms with Crippen LogP contribution in [0.1, 0.15) is 38.5 Å². The Labute approximate surface area is 170 Å². The lowest BCUT2D eigenvalue weighted by atomic mass is 10.1. The minimum atomic E-state index is -0.151. The normalized spacial score (nSPS) is 18.1. The largest absolute Gasteiger partial charge is 0.352 e. The molecule has 2 aliphatic rings. The summed E-state index contributed by atoms with van der Waals surface area (Å²) in [5, 5.41) is 6.16. The van der Waals surface area contributed by atoms with Gasteiger partial charge in [-0.05, 0) is 37.8 Å². The summed E-state index contributed by atoms with van der Waals surface area (Å²) in [5.74, 6) is 0.446. The number of carbonyl (C=O) groups is 1. The summed E-state index contributed by atoms with van der Waals surface area (Å²) in [7, 11) is 0. The van der Waals surface area contributed by atoms with Crippen LogP contribution in [0.4, 0.5) is 10.6 Å². The summed E-state index contributed by atoms with van der Waals surface area (Å²) in [5.41, 5.74) is 1.11. The van der Waals surface area contributed by atoms with Gasteiger partial charge in [0.25, 0.3) is 5.56 Å². The molecule has 2 fully saturated rings. The van der Waals surface area contributed by atoms with Crippen molar-refractivity contribution >= 4 is 23.0 Å². The summed E-state index contributed by atoms with van der Waals surface area (Å²) < 4.78 is 1.62. The standard InChI is InChI=1S/C21H28N6O2/c1-2-12-27-18-17(8-5-11-22-18)25-19(20(27)28)26-13-9-16(10-14-26)24-21(29)23-15-6-3-4-7-15/h2,5,8,11,15-16H,1,3-4,6-7,9-10,12-14H2,(H2,23,24,29). The van der Waals surface area contributed by atoms with Crippen molar-refractivity contribution in [3.05, 3.63) is 41.3 Å². The van der Waals surface area contributed by atoms with Crippen molar-refractivity contribution in [2.24, 2.45) is 0 Å². The average molecular weight is 396 g/mol. The van der Waals surface area contributed by atoms with Crippen molar-refractivity contribution in [3.8, 4) is 0 Å². The molecule has 4 rings (SSSR count). The Hall–Kier alpha value is -2.90. The summed E-state index contributed by atoms with van der Waals surface area (Å²) in [6, 6.07) is 4.05. The first-order chi connectivity index (χ1) is 14.2. The van der Waals surface area contributed by atoms with Gasteiger partial charge in [-0.2, -0.15) is 0 Å². The number of hydrogen-bond acceptors (Lipinski definition) is 5. The zero-order valence-corrected chi connectivity index (χ0v) is 16.6. The Bertz CT molecular complexity index is 942. The Kier molecular flexibility index (Phi) is 5.78. The third kappa shape index (κ3) is 4.26. The van der Waals surface area contributed by atoms with E-state index in [2.05, 4.69) is 27.2 Å². The fourth-order valence-corrected chi connectivity index (χ4v) is 4.29. The lowest BCUT2D eigenvalue weighted by molar-refractivity contribution is 0.230. The topological polar surface area (TPSA) is 92.2 Å². The third-order valence-electron chi connectivity index (χ3n) is 5.82. The maximum absolute atomic E-state index is 13.0. The van der Waals surface area contributed by atoms with Crippen LogP contribution in [0, 0.1) is 0 Å². The number of allylic oxidation sites excluding steroid dienone is 1. The maximum Gasteiger partial charge on any atom is 0.315 e. The van der Waals surface area contributed by atoms with Crippen molar-refractivity contribution in [1.82, 2.24) is 25.2 Å². The highest BCUT2D eigenvalue weighted by molar-refractivity contribution is 5.74. The fraction of sp³-hybridized carbons (Fsp3) is 0.524. The molecular formula is C21H28N6O2. The highest BCUT2D eigenvalue weighted by Crippen LogP contribution is 2.19. The lowest BCUT2D eigenvalue weighted by Crippen LogP contribution is -2.50. The molecule has 2 N–H and O–H groups in total. The van der Waals surface area contributed by atoms with Gasteiger partial charge in [0.2, 0.25) is 0 Å². The van der Waals surface area contributed by atoms with Crippen LogP contribution in [0.5, 0.6) is 0 Å². The van der Waals surface area contributed by atoms with E-state index in [1.165, 1.54) is 12.8 Å². The zero-order valence-electron chi connectivity index (χ0n) is 16.6. The molecule has 1 saturated heterocycles. The number of hydrogen-bond donors (Lipinski definition) is 2. The van der Waals surface area contributed by atoms with Crippen molar-refractivity contribution in [2.45, 2.75) is 57.2 Å². The molecule has 1 aliphatic heterocycles. The van der Waals surface area contributed by atoms with Crippen LogP contribution in [0.2, 0.25) is 0 Å². The van der Waals surface area contributed by atoms with E-state index in [0.29, 0.717) is 42.7 Å². The number of rotatable bonds is 5. The van der Waals surface area contributed by atoms with Gasteiger partial charge in [0.1, 0.15) is 5.52 Å². The lowest BCUT2D eigenvalue weighted by Gasteiger charge is -2.33. The number of fused-ring (bicyclic) bond motifs is 1. The summed E-state index contributed by atoms with van der Waals surface area (Å²) in [4.78, 5) is 36.2. The van der Waals surface area contributed by atoms with E-state index in [0.717, 1.165) is 25.7 Å². The molecule has 0 radical (unpaired) electrons. The van der Waals surface area contributed by atoms with Crippen LogP contribution in [0.3, 0.4) is 0 Å². The van der Waals surface area contributed by atoms with Crippen molar-refractivity contribution in [3.63, 3.8) is 0 Å². The Morgan fingerprint density at radius 2 is 1.86 bits per heavy atom. The van der Waals surface area contributed by atoms with Gasteiger partial charge < -0.3 is 15.5 Å². The van der Waals surface area contributed by atoms with Crippen molar-refractivity contribution in [2.75, 3.05) is 18.0 Å². The molecule has 154 valence electrons. The number of aromatic nitrogens is 3. The van der Waals surface area contributed by atoms with Gasteiger partial charge in [-0.25, -0.2) is 14.8 Å². The molecule has 1 aliphatic carbocycles. The molecule has 0 aromatic carbocycles.